The number of halogens is 1. The highest BCUT2D eigenvalue weighted by Gasteiger charge is 2.17. The van der Waals surface area contributed by atoms with Crippen molar-refractivity contribution in [2.45, 2.75) is 0 Å². The van der Waals surface area contributed by atoms with Crippen LogP contribution in [0.1, 0.15) is 10.5 Å². The number of hydrogen-bond donors (Lipinski definition) is 1. The molecular weight excluding hydrogens is 474 g/mol. The van der Waals surface area contributed by atoms with Crippen LogP contribution in [-0.4, -0.2) is 15.7 Å². The molecule has 0 aliphatic heterocycles. The summed E-state index contributed by atoms with van der Waals surface area (Å²) in [5, 5.41) is 7.58. The van der Waals surface area contributed by atoms with E-state index in [0.29, 0.717) is 11.4 Å². The van der Waals surface area contributed by atoms with Gasteiger partial charge in [-0.2, -0.15) is 5.10 Å². The molecule has 4 nitrogen and oxygen atoms in total. The lowest BCUT2D eigenvalue weighted by atomic mass is 10.0. The lowest BCUT2D eigenvalue weighted by molar-refractivity contribution is 0.102. The SMILES string of the molecule is O=C(Nc1cccc(Br)c1)c1cc(-c2ccc(-c3ccccc3)cc2)n(-c2ccccc2)n1. The number of amides is 1. The molecule has 0 saturated heterocycles. The average Bonchev–Trinajstić information content (AvgIpc) is 3.31. The number of benzene rings is 4. The topological polar surface area (TPSA) is 46.9 Å². The zero-order chi connectivity index (χ0) is 22.6. The van der Waals surface area contributed by atoms with E-state index in [1.807, 2.05) is 83.5 Å². The predicted octanol–water partition coefficient (Wildman–Crippen LogP) is 7.22. The van der Waals surface area contributed by atoms with Crippen LogP contribution in [0, 0.1) is 0 Å². The Morgan fingerprint density at radius 3 is 2.03 bits per heavy atom. The molecule has 0 bridgehead atoms. The summed E-state index contributed by atoms with van der Waals surface area (Å²) in [6, 6.07) is 37.7. The molecule has 0 aliphatic carbocycles. The third-order valence-electron chi connectivity index (χ3n) is 5.31. The Morgan fingerprint density at radius 1 is 0.697 bits per heavy atom. The van der Waals surface area contributed by atoms with Crippen molar-refractivity contribution in [2.24, 2.45) is 0 Å². The summed E-state index contributed by atoms with van der Waals surface area (Å²) in [6.07, 6.45) is 0. The summed E-state index contributed by atoms with van der Waals surface area (Å²) in [5.74, 6) is -0.259. The smallest absolute Gasteiger partial charge is 0.276 e. The zero-order valence-electron chi connectivity index (χ0n) is 17.7. The van der Waals surface area contributed by atoms with E-state index in [2.05, 4.69) is 62.7 Å². The monoisotopic (exact) mass is 493 g/mol. The van der Waals surface area contributed by atoms with Crippen molar-refractivity contribution in [2.75, 3.05) is 5.32 Å². The van der Waals surface area contributed by atoms with Gasteiger partial charge in [0.1, 0.15) is 0 Å². The van der Waals surface area contributed by atoms with Gasteiger partial charge in [-0.05, 0) is 47.5 Å². The number of nitrogens with zero attached hydrogens (tertiary/aromatic N) is 2. The molecule has 0 unspecified atom stereocenters. The minimum absolute atomic E-state index is 0.259. The molecule has 1 heterocycles. The maximum atomic E-state index is 13.0. The van der Waals surface area contributed by atoms with E-state index in [1.165, 1.54) is 0 Å². The highest BCUT2D eigenvalue weighted by molar-refractivity contribution is 9.10. The number of rotatable bonds is 5. The molecule has 4 aromatic carbocycles. The number of aromatic nitrogens is 2. The van der Waals surface area contributed by atoms with Crippen molar-refractivity contribution in [1.29, 1.82) is 0 Å². The van der Waals surface area contributed by atoms with Gasteiger partial charge < -0.3 is 5.32 Å². The molecule has 1 aromatic heterocycles. The van der Waals surface area contributed by atoms with Crippen LogP contribution < -0.4 is 5.32 Å². The van der Waals surface area contributed by atoms with Crippen molar-refractivity contribution in [1.82, 2.24) is 9.78 Å². The Kier molecular flexibility index (Phi) is 5.87. The third kappa shape index (κ3) is 4.64. The van der Waals surface area contributed by atoms with E-state index in [0.717, 1.165) is 32.5 Å². The molecule has 0 radical (unpaired) electrons. The largest absolute Gasteiger partial charge is 0.321 e. The molecule has 0 aliphatic rings. The molecule has 1 N–H and O–H groups in total. The summed E-state index contributed by atoms with van der Waals surface area (Å²) in [4.78, 5) is 13.0. The van der Waals surface area contributed by atoms with E-state index in [9.17, 15) is 4.79 Å². The zero-order valence-corrected chi connectivity index (χ0v) is 19.2. The highest BCUT2D eigenvalue weighted by Crippen LogP contribution is 2.28. The van der Waals surface area contributed by atoms with Crippen LogP contribution in [0.4, 0.5) is 5.69 Å². The summed E-state index contributed by atoms with van der Waals surface area (Å²) in [7, 11) is 0. The van der Waals surface area contributed by atoms with Gasteiger partial charge in [0.2, 0.25) is 0 Å². The standard InChI is InChI=1S/C28H20BrN3O/c29-23-10-7-11-24(18-23)30-28(33)26-19-27(32(31-26)25-12-5-2-6-13-25)22-16-14-21(15-17-22)20-8-3-1-4-9-20/h1-19H,(H,30,33). The van der Waals surface area contributed by atoms with Crippen LogP contribution in [-0.2, 0) is 0 Å². The number of carbonyl (C=O) groups is 1. The van der Waals surface area contributed by atoms with E-state index in [1.54, 1.807) is 0 Å². The second-order valence-electron chi connectivity index (χ2n) is 7.57. The number of nitrogens with one attached hydrogen (secondary N) is 1. The first-order valence-corrected chi connectivity index (χ1v) is 11.3. The van der Waals surface area contributed by atoms with Crippen molar-refractivity contribution in [3.63, 3.8) is 0 Å². The summed E-state index contributed by atoms with van der Waals surface area (Å²) in [5.41, 5.74) is 6.07. The molecule has 1 amide bonds. The van der Waals surface area contributed by atoms with Crippen molar-refractivity contribution >= 4 is 27.5 Å². The van der Waals surface area contributed by atoms with Crippen LogP contribution in [0.3, 0.4) is 0 Å². The van der Waals surface area contributed by atoms with Gasteiger partial charge in [0.25, 0.3) is 5.91 Å². The minimum Gasteiger partial charge on any atom is -0.321 e. The Morgan fingerprint density at radius 2 is 1.33 bits per heavy atom. The van der Waals surface area contributed by atoms with Gasteiger partial charge in [0.15, 0.2) is 5.69 Å². The van der Waals surface area contributed by atoms with Gasteiger partial charge in [0.05, 0.1) is 11.4 Å². The predicted molar refractivity (Wildman–Crippen MR) is 137 cm³/mol. The second-order valence-corrected chi connectivity index (χ2v) is 8.49. The van der Waals surface area contributed by atoms with E-state index in [4.69, 9.17) is 0 Å². The molecule has 33 heavy (non-hydrogen) atoms. The average molecular weight is 494 g/mol. The first-order chi connectivity index (χ1) is 16.2. The molecule has 0 atom stereocenters. The summed E-state index contributed by atoms with van der Waals surface area (Å²) >= 11 is 3.44. The Balaban J connectivity index is 1.52. The van der Waals surface area contributed by atoms with E-state index in [-0.39, 0.29) is 5.91 Å². The van der Waals surface area contributed by atoms with Crippen molar-refractivity contribution < 1.29 is 4.79 Å². The lowest BCUT2D eigenvalue weighted by Gasteiger charge is -2.08. The fourth-order valence-electron chi connectivity index (χ4n) is 3.69. The third-order valence-corrected chi connectivity index (χ3v) is 5.81. The van der Waals surface area contributed by atoms with Gasteiger partial charge >= 0.3 is 0 Å². The molecule has 0 spiro atoms. The molecule has 160 valence electrons. The van der Waals surface area contributed by atoms with Crippen LogP contribution in [0.5, 0.6) is 0 Å². The van der Waals surface area contributed by atoms with Gasteiger partial charge in [0, 0.05) is 15.7 Å². The van der Waals surface area contributed by atoms with Gasteiger partial charge in [-0.15, -0.1) is 0 Å². The molecule has 0 fully saturated rings. The molecule has 0 saturated carbocycles. The Bertz CT molecular complexity index is 1390. The molecular formula is C28H20BrN3O. The van der Waals surface area contributed by atoms with Crippen LogP contribution in [0.15, 0.2) is 120 Å². The van der Waals surface area contributed by atoms with E-state index >= 15 is 0 Å². The van der Waals surface area contributed by atoms with Gasteiger partial charge in [-0.25, -0.2) is 4.68 Å². The van der Waals surface area contributed by atoms with Crippen LogP contribution in [0.2, 0.25) is 0 Å². The first kappa shape index (κ1) is 20.9. The number of para-hydroxylation sites is 1. The van der Waals surface area contributed by atoms with E-state index < -0.39 is 0 Å². The second kappa shape index (κ2) is 9.27. The van der Waals surface area contributed by atoms with Crippen molar-refractivity contribution in [3.05, 3.63) is 125 Å². The molecule has 5 rings (SSSR count). The first-order valence-electron chi connectivity index (χ1n) is 10.6. The number of anilines is 1. The summed E-state index contributed by atoms with van der Waals surface area (Å²) in [6.45, 7) is 0. The van der Waals surface area contributed by atoms with Crippen LogP contribution in [0.25, 0.3) is 28.1 Å². The minimum atomic E-state index is -0.259. The van der Waals surface area contributed by atoms with Crippen molar-refractivity contribution in [3.8, 4) is 28.1 Å². The van der Waals surface area contributed by atoms with Crippen LogP contribution >= 0.6 is 15.9 Å². The molecule has 5 heteroatoms. The lowest BCUT2D eigenvalue weighted by Crippen LogP contribution is -2.13. The normalized spacial score (nSPS) is 10.7. The Labute approximate surface area is 200 Å². The quantitative estimate of drug-likeness (QED) is 0.280. The maximum Gasteiger partial charge on any atom is 0.276 e. The Hall–Kier alpha value is -3.96. The highest BCUT2D eigenvalue weighted by atomic mass is 79.9. The molecule has 5 aromatic rings. The summed E-state index contributed by atoms with van der Waals surface area (Å²) < 4.78 is 2.71. The fourth-order valence-corrected chi connectivity index (χ4v) is 4.09. The maximum absolute atomic E-state index is 13.0. The fraction of sp³-hybridized carbons (Fsp3) is 0. The van der Waals surface area contributed by atoms with Gasteiger partial charge in [-0.3, -0.25) is 4.79 Å². The van der Waals surface area contributed by atoms with Gasteiger partial charge in [-0.1, -0.05) is 94.8 Å². The number of carbonyl (C=O) groups excluding carboxylic acids is 1. The number of hydrogen-bond acceptors (Lipinski definition) is 2.